The van der Waals surface area contributed by atoms with Crippen molar-refractivity contribution in [2.75, 3.05) is 0 Å². The maximum atomic E-state index is 5.21. The summed E-state index contributed by atoms with van der Waals surface area (Å²) in [5, 5.41) is 21.8. The van der Waals surface area contributed by atoms with Crippen molar-refractivity contribution in [1.29, 1.82) is 0 Å². The van der Waals surface area contributed by atoms with E-state index in [1.165, 1.54) is 225 Å². The molecule has 25 aromatic rings. The average molecular weight is 1780 g/mol. The van der Waals surface area contributed by atoms with Crippen LogP contribution in [0, 0.1) is 0 Å². The zero-order valence-corrected chi connectivity index (χ0v) is 77.8. The van der Waals surface area contributed by atoms with E-state index in [2.05, 4.69) is 455 Å². The fraction of sp³-hybridized carbons (Fsp3) is 0.0682. The van der Waals surface area contributed by atoms with Crippen LogP contribution in [0.1, 0.15) is 74.9 Å². The van der Waals surface area contributed by atoms with Gasteiger partial charge in [0, 0.05) is 50.9 Å². The van der Waals surface area contributed by atoms with E-state index < -0.39 is 0 Å². The summed E-state index contributed by atoms with van der Waals surface area (Å²) in [5.41, 5.74) is 37.8. The summed E-state index contributed by atoms with van der Waals surface area (Å²) < 4.78 is 0. The van der Waals surface area contributed by atoms with Gasteiger partial charge in [0.1, 0.15) is 19.0 Å². The number of para-hydroxylation sites is 2. The topological polar surface area (TPSA) is 90.2 Å². The van der Waals surface area contributed by atoms with Crippen molar-refractivity contribution in [3.63, 3.8) is 0 Å². The third-order valence-corrected chi connectivity index (χ3v) is 30.3. The van der Waals surface area contributed by atoms with Gasteiger partial charge >= 0.3 is 0 Å². The molecule has 0 saturated heterocycles. The molecular formula is C132H91N7. The summed E-state index contributed by atoms with van der Waals surface area (Å²) >= 11 is 0. The maximum Gasteiger partial charge on any atom is 0.163 e. The van der Waals surface area contributed by atoms with Gasteiger partial charge in [0.05, 0.1) is 22.9 Å². The Morgan fingerprint density at radius 1 is 0.173 bits per heavy atom. The highest BCUT2D eigenvalue weighted by molar-refractivity contribution is 6.27. The second-order valence-corrected chi connectivity index (χ2v) is 38.8. The number of benzene rings is 22. The highest BCUT2D eigenvalue weighted by Crippen LogP contribution is 2.60. The first-order valence-electron chi connectivity index (χ1n) is 48.0. The molecule has 0 saturated carbocycles. The molecule has 0 N–H and O–H groups in total. The van der Waals surface area contributed by atoms with Crippen LogP contribution in [0.25, 0.3) is 242 Å². The number of hydrogen-bond donors (Lipinski definition) is 0. The van der Waals surface area contributed by atoms with E-state index in [4.69, 9.17) is 9.97 Å². The standard InChI is InChI=1S/C47H32N2.C43H30N2.C42H29N3/c1-47(2)39-21-8-7-18-36(39)45-37(20-12-22-40(45)47)44-33-16-5-6-17-34(33)46(43-28-48-41-23-9-10-24-42(41)49-43)35-26-25-30(27-38(35)44)32-19-11-14-29-13-3-4-15-31(29)32;1-43(2)38-19-8-7-16-35(38)42-36(18-10-20-39(42)43)41-33-15-6-5-14-32(33)40(29-24-44-26-45-25-29)34-22-21-28(23-37(34)41)31-17-9-12-27-11-3-4-13-30(27)31;1-42(2)36-19-8-7-16-33(36)39-34(18-10-20-37(39)42)38-30-14-5-6-15-31(30)40(41-44-24-43-25-45-41)32-22-21-27(23-35(32)38)29-17-9-12-26-11-3-4-13-28(26)29/h3-28H,1-2H3;3-26H,1-2H3;3-25H,1-2H3. The van der Waals surface area contributed by atoms with Gasteiger partial charge in [-0.3, -0.25) is 4.98 Å². The van der Waals surface area contributed by atoms with Crippen molar-refractivity contribution < 1.29 is 0 Å². The molecule has 139 heavy (non-hydrogen) atoms. The van der Waals surface area contributed by atoms with E-state index in [0.29, 0.717) is 5.82 Å². The summed E-state index contributed by atoms with van der Waals surface area (Å²) in [4.78, 5) is 32.4. The van der Waals surface area contributed by atoms with Crippen molar-refractivity contribution in [3.05, 3.63) is 477 Å². The predicted octanol–water partition coefficient (Wildman–Crippen LogP) is 34.3. The molecule has 0 aliphatic heterocycles. The molecule has 654 valence electrons. The first-order valence-corrected chi connectivity index (χ1v) is 48.0. The third kappa shape index (κ3) is 13.0. The van der Waals surface area contributed by atoms with Gasteiger partial charge in [-0.25, -0.2) is 29.9 Å². The average Bonchev–Trinajstić information content (AvgIpc) is 1.68. The third-order valence-electron chi connectivity index (χ3n) is 30.3. The highest BCUT2D eigenvalue weighted by atomic mass is 15.0. The Kier molecular flexibility index (Phi) is 19.2. The number of rotatable bonds is 9. The molecule has 0 amide bonds. The lowest BCUT2D eigenvalue weighted by Gasteiger charge is -2.23. The minimum Gasteiger partial charge on any atom is -0.252 e. The van der Waals surface area contributed by atoms with Gasteiger partial charge in [0.15, 0.2) is 5.82 Å². The zero-order valence-electron chi connectivity index (χ0n) is 77.8. The van der Waals surface area contributed by atoms with Crippen LogP contribution in [-0.2, 0) is 16.2 Å². The minimum atomic E-state index is -0.0950. The lowest BCUT2D eigenvalue weighted by atomic mass is 9.80. The highest BCUT2D eigenvalue weighted by Gasteiger charge is 2.41. The molecule has 28 rings (SSSR count). The zero-order chi connectivity index (χ0) is 92.9. The van der Waals surface area contributed by atoms with E-state index in [9.17, 15) is 0 Å². The quantitative estimate of drug-likeness (QED) is 0.133. The minimum absolute atomic E-state index is 0.0804. The number of hydrogen-bond acceptors (Lipinski definition) is 7. The second kappa shape index (κ2) is 32.4. The van der Waals surface area contributed by atoms with E-state index in [0.717, 1.165) is 44.2 Å². The molecule has 3 heterocycles. The predicted molar refractivity (Wildman–Crippen MR) is 581 cm³/mol. The van der Waals surface area contributed by atoms with E-state index in [1.807, 2.05) is 36.8 Å². The Hall–Kier alpha value is -17.4. The van der Waals surface area contributed by atoms with Gasteiger partial charge < -0.3 is 0 Å². The smallest absolute Gasteiger partial charge is 0.163 e. The van der Waals surface area contributed by atoms with Crippen LogP contribution in [0.3, 0.4) is 0 Å². The number of nitrogens with zero attached hydrogens (tertiary/aromatic N) is 7. The fourth-order valence-electron chi connectivity index (χ4n) is 23.9. The van der Waals surface area contributed by atoms with Crippen molar-refractivity contribution in [2.45, 2.75) is 57.8 Å². The van der Waals surface area contributed by atoms with Gasteiger partial charge in [0.25, 0.3) is 0 Å². The normalized spacial score (nSPS) is 13.3. The first kappa shape index (κ1) is 82.3. The fourth-order valence-corrected chi connectivity index (χ4v) is 23.9. The van der Waals surface area contributed by atoms with Gasteiger partial charge in [0.2, 0.25) is 0 Å². The van der Waals surface area contributed by atoms with E-state index >= 15 is 0 Å². The molecule has 0 unspecified atom stereocenters. The molecule has 3 aliphatic rings. The number of aromatic nitrogens is 7. The van der Waals surface area contributed by atoms with Crippen molar-refractivity contribution in [2.24, 2.45) is 0 Å². The molecule has 0 radical (unpaired) electrons. The number of fused-ring (bicyclic) bond motifs is 19. The van der Waals surface area contributed by atoms with Crippen LogP contribution in [0.5, 0.6) is 0 Å². The van der Waals surface area contributed by atoms with Crippen LogP contribution in [0.15, 0.2) is 444 Å². The van der Waals surface area contributed by atoms with Crippen LogP contribution >= 0.6 is 0 Å². The van der Waals surface area contributed by atoms with Crippen LogP contribution in [0.2, 0.25) is 0 Å². The van der Waals surface area contributed by atoms with Crippen molar-refractivity contribution >= 4 is 108 Å². The van der Waals surface area contributed by atoms with Gasteiger partial charge in [-0.1, -0.05) is 418 Å². The summed E-state index contributed by atoms with van der Waals surface area (Å²) in [6.45, 7) is 14.1. The van der Waals surface area contributed by atoms with Gasteiger partial charge in [-0.05, 0) is 261 Å². The summed E-state index contributed by atoms with van der Waals surface area (Å²) in [7, 11) is 0. The first-order chi connectivity index (χ1) is 68.3. The Bertz CT molecular complexity index is 9080. The Morgan fingerprint density at radius 2 is 0.460 bits per heavy atom. The molecule has 7 heteroatoms. The summed E-state index contributed by atoms with van der Waals surface area (Å²) in [6.07, 6.45) is 10.6. The molecule has 3 aromatic heterocycles. The SMILES string of the molecule is CC1(C)c2ccccc2-c2c(-c3c4ccccc4c(-c4cnc5ccccc5n4)c4ccc(-c5cccc6ccccc56)cc34)cccc21.CC1(C)c2ccccc2-c2c(-c3c4ccccc4c(-c4cncnc4)c4ccc(-c5cccc6ccccc56)cc34)cccc21.CC1(C)c2ccccc2-c2c(-c3c4ccccc4c(-c4ncncn4)c4ccc(-c5cccc6ccccc56)cc34)cccc21. The Labute approximate surface area is 806 Å². The molecular weight excluding hydrogens is 1680 g/mol. The largest absolute Gasteiger partial charge is 0.252 e. The molecule has 22 aromatic carbocycles. The molecule has 0 fully saturated rings. The molecule has 3 aliphatic carbocycles. The van der Waals surface area contributed by atoms with Crippen molar-refractivity contribution in [3.8, 4) is 134 Å². The van der Waals surface area contributed by atoms with Gasteiger partial charge in [-0.2, -0.15) is 0 Å². The van der Waals surface area contributed by atoms with Gasteiger partial charge in [-0.15, -0.1) is 0 Å². The van der Waals surface area contributed by atoms with Crippen LogP contribution in [0.4, 0.5) is 0 Å². The summed E-state index contributed by atoms with van der Waals surface area (Å²) in [6, 6.07) is 149. The Balaban J connectivity index is 0.000000108. The molecule has 0 atom stereocenters. The summed E-state index contributed by atoms with van der Waals surface area (Å²) in [5.74, 6) is 0.681. The van der Waals surface area contributed by atoms with Crippen LogP contribution in [-0.4, -0.2) is 34.9 Å². The molecule has 0 spiro atoms. The molecule has 7 nitrogen and oxygen atoms in total. The Morgan fingerprint density at radius 3 is 0.871 bits per heavy atom. The maximum absolute atomic E-state index is 5.21. The second-order valence-electron chi connectivity index (χ2n) is 38.8. The lowest BCUT2D eigenvalue weighted by Crippen LogP contribution is -2.14. The monoisotopic (exact) mass is 1770 g/mol. The van der Waals surface area contributed by atoms with E-state index in [-0.39, 0.29) is 16.2 Å². The van der Waals surface area contributed by atoms with Crippen molar-refractivity contribution in [1.82, 2.24) is 34.9 Å². The molecule has 0 bridgehead atoms. The lowest BCUT2D eigenvalue weighted by molar-refractivity contribution is 0.660. The van der Waals surface area contributed by atoms with Crippen LogP contribution < -0.4 is 0 Å². The van der Waals surface area contributed by atoms with E-state index in [1.54, 1.807) is 19.0 Å².